The Morgan fingerprint density at radius 2 is 1.90 bits per heavy atom. The highest BCUT2D eigenvalue weighted by Crippen LogP contribution is 2.32. The Kier molecular flexibility index (Phi) is 7.14. The van der Waals surface area contributed by atoms with Crippen LogP contribution in [-0.4, -0.2) is 41.7 Å². The Balaban J connectivity index is 2.51. The summed E-state index contributed by atoms with van der Waals surface area (Å²) in [6, 6.07) is 0.00819. The molecule has 1 aliphatic carbocycles. The maximum absolute atomic E-state index is 12.4. The summed E-state index contributed by atoms with van der Waals surface area (Å²) in [5.74, 6) is 0.628. The molecule has 1 aliphatic rings. The van der Waals surface area contributed by atoms with Crippen molar-refractivity contribution in [3.63, 3.8) is 0 Å². The Morgan fingerprint density at radius 1 is 1.29 bits per heavy atom. The molecule has 1 saturated carbocycles. The van der Waals surface area contributed by atoms with E-state index in [-0.39, 0.29) is 23.5 Å². The minimum absolute atomic E-state index is 0.00819. The molecule has 1 fully saturated rings. The normalized spacial score (nSPS) is 24.7. The van der Waals surface area contributed by atoms with Gasteiger partial charge in [-0.15, -0.1) is 0 Å². The summed E-state index contributed by atoms with van der Waals surface area (Å²) in [5.41, 5.74) is 5.88. The lowest BCUT2D eigenvalue weighted by molar-refractivity contribution is -0.135. The average molecular weight is 298 g/mol. The number of aliphatic hydroxyl groups excluding tert-OH is 1. The molecule has 4 heteroatoms. The van der Waals surface area contributed by atoms with Gasteiger partial charge in [-0.1, -0.05) is 33.6 Å². The number of nitrogens with two attached hydrogens (primary N) is 1. The monoisotopic (exact) mass is 298 g/mol. The minimum atomic E-state index is -0.352. The number of amides is 1. The third-order valence-corrected chi connectivity index (χ3v) is 5.03. The molecule has 21 heavy (non-hydrogen) atoms. The van der Waals surface area contributed by atoms with Crippen LogP contribution in [0.4, 0.5) is 0 Å². The number of nitrogens with zero attached hydrogens (tertiary/aromatic N) is 1. The SMILES string of the molecule is CN(C(=O)CCC(CCN)C(C)(C)C)C1CCCCC1O. The van der Waals surface area contributed by atoms with E-state index in [9.17, 15) is 9.90 Å². The molecule has 0 aromatic heterocycles. The molecule has 1 rings (SSSR count). The van der Waals surface area contributed by atoms with Gasteiger partial charge >= 0.3 is 0 Å². The van der Waals surface area contributed by atoms with Crippen molar-refractivity contribution in [3.8, 4) is 0 Å². The summed E-state index contributed by atoms with van der Waals surface area (Å²) in [6.07, 6.45) is 5.98. The lowest BCUT2D eigenvalue weighted by atomic mass is 9.76. The second-order valence-corrected chi connectivity index (χ2v) is 7.60. The zero-order valence-corrected chi connectivity index (χ0v) is 14.3. The van der Waals surface area contributed by atoms with E-state index in [1.54, 1.807) is 4.90 Å². The van der Waals surface area contributed by atoms with Crippen molar-refractivity contribution in [2.24, 2.45) is 17.1 Å². The quantitative estimate of drug-likeness (QED) is 0.792. The first kappa shape index (κ1) is 18.4. The smallest absolute Gasteiger partial charge is 0.222 e. The third kappa shape index (κ3) is 5.59. The highest BCUT2D eigenvalue weighted by molar-refractivity contribution is 5.76. The zero-order valence-electron chi connectivity index (χ0n) is 14.3. The van der Waals surface area contributed by atoms with Crippen LogP contribution in [0, 0.1) is 11.3 Å². The van der Waals surface area contributed by atoms with Crippen LogP contribution in [0.15, 0.2) is 0 Å². The van der Waals surface area contributed by atoms with Gasteiger partial charge in [0.1, 0.15) is 0 Å². The van der Waals surface area contributed by atoms with Crippen molar-refractivity contribution < 1.29 is 9.90 Å². The molecule has 124 valence electrons. The van der Waals surface area contributed by atoms with E-state index in [1.807, 2.05) is 7.05 Å². The van der Waals surface area contributed by atoms with Gasteiger partial charge in [-0.2, -0.15) is 0 Å². The van der Waals surface area contributed by atoms with Gasteiger partial charge in [0, 0.05) is 13.5 Å². The van der Waals surface area contributed by atoms with Crippen LogP contribution in [0.5, 0.6) is 0 Å². The molecule has 0 aromatic carbocycles. The van der Waals surface area contributed by atoms with Gasteiger partial charge in [-0.05, 0) is 43.6 Å². The van der Waals surface area contributed by atoms with Crippen LogP contribution in [0.3, 0.4) is 0 Å². The van der Waals surface area contributed by atoms with Crippen LogP contribution in [0.25, 0.3) is 0 Å². The van der Waals surface area contributed by atoms with Crippen LogP contribution >= 0.6 is 0 Å². The van der Waals surface area contributed by atoms with E-state index in [4.69, 9.17) is 5.73 Å². The first-order valence-electron chi connectivity index (χ1n) is 8.41. The van der Waals surface area contributed by atoms with Crippen LogP contribution in [0.2, 0.25) is 0 Å². The lowest BCUT2D eigenvalue weighted by Crippen LogP contribution is -2.46. The van der Waals surface area contributed by atoms with Crippen molar-refractivity contribution in [2.45, 2.75) is 77.9 Å². The maximum atomic E-state index is 12.4. The van der Waals surface area contributed by atoms with Crippen molar-refractivity contribution >= 4 is 5.91 Å². The molecular weight excluding hydrogens is 264 g/mol. The van der Waals surface area contributed by atoms with E-state index in [0.29, 0.717) is 18.9 Å². The lowest BCUT2D eigenvalue weighted by Gasteiger charge is -2.36. The molecule has 0 radical (unpaired) electrons. The summed E-state index contributed by atoms with van der Waals surface area (Å²) in [6.45, 7) is 7.32. The molecule has 3 unspecified atom stereocenters. The largest absolute Gasteiger partial charge is 0.391 e. The minimum Gasteiger partial charge on any atom is -0.391 e. The van der Waals surface area contributed by atoms with Crippen LogP contribution in [-0.2, 0) is 4.79 Å². The molecule has 3 N–H and O–H groups in total. The summed E-state index contributed by atoms with van der Waals surface area (Å²) in [4.78, 5) is 14.2. The van der Waals surface area contributed by atoms with Gasteiger partial charge < -0.3 is 15.7 Å². The highest BCUT2D eigenvalue weighted by atomic mass is 16.3. The average Bonchev–Trinajstić information content (AvgIpc) is 2.41. The Morgan fingerprint density at radius 3 is 2.43 bits per heavy atom. The van der Waals surface area contributed by atoms with Gasteiger partial charge in [0.05, 0.1) is 12.1 Å². The summed E-state index contributed by atoms with van der Waals surface area (Å²) >= 11 is 0. The molecule has 4 nitrogen and oxygen atoms in total. The third-order valence-electron chi connectivity index (χ3n) is 5.03. The van der Waals surface area contributed by atoms with Crippen molar-refractivity contribution in [3.05, 3.63) is 0 Å². The molecule has 0 aliphatic heterocycles. The number of hydrogen-bond acceptors (Lipinski definition) is 3. The summed E-state index contributed by atoms with van der Waals surface area (Å²) in [7, 11) is 1.84. The second kappa shape index (κ2) is 8.14. The zero-order chi connectivity index (χ0) is 16.0. The standard InChI is InChI=1S/C17H34N2O2/c1-17(2,3)13(11-12-18)9-10-16(21)19(4)14-7-5-6-8-15(14)20/h13-15,20H,5-12,18H2,1-4H3. The number of likely N-dealkylation sites (N-methyl/N-ethyl adjacent to an activating group) is 1. The number of carbonyl (C=O) groups is 1. The Labute approximate surface area is 130 Å². The predicted molar refractivity (Wildman–Crippen MR) is 86.9 cm³/mol. The van der Waals surface area contributed by atoms with E-state index in [2.05, 4.69) is 20.8 Å². The fourth-order valence-corrected chi connectivity index (χ4v) is 3.41. The molecule has 0 saturated heterocycles. The fourth-order valence-electron chi connectivity index (χ4n) is 3.41. The van der Waals surface area contributed by atoms with Crippen molar-refractivity contribution in [1.29, 1.82) is 0 Å². The molecular formula is C17H34N2O2. The number of rotatable bonds is 6. The summed E-state index contributed by atoms with van der Waals surface area (Å²) in [5, 5.41) is 10.1. The van der Waals surface area contributed by atoms with Gasteiger partial charge in [0.15, 0.2) is 0 Å². The predicted octanol–water partition coefficient (Wildman–Crippen LogP) is 2.54. The Bertz CT molecular complexity index is 325. The molecule has 0 bridgehead atoms. The molecule has 0 aromatic rings. The maximum Gasteiger partial charge on any atom is 0.222 e. The molecule has 3 atom stereocenters. The van der Waals surface area contributed by atoms with Crippen LogP contribution in [0.1, 0.15) is 65.7 Å². The van der Waals surface area contributed by atoms with Gasteiger partial charge in [-0.25, -0.2) is 0 Å². The number of carbonyl (C=O) groups excluding carboxylic acids is 1. The van der Waals surface area contributed by atoms with Gasteiger partial charge in [-0.3, -0.25) is 4.79 Å². The van der Waals surface area contributed by atoms with E-state index in [0.717, 1.165) is 38.5 Å². The highest BCUT2D eigenvalue weighted by Gasteiger charge is 2.30. The number of aliphatic hydroxyl groups is 1. The van der Waals surface area contributed by atoms with Crippen molar-refractivity contribution in [2.75, 3.05) is 13.6 Å². The first-order chi connectivity index (χ1) is 9.77. The second-order valence-electron chi connectivity index (χ2n) is 7.60. The van der Waals surface area contributed by atoms with Gasteiger partial charge in [0.2, 0.25) is 5.91 Å². The topological polar surface area (TPSA) is 66.6 Å². The molecule has 1 amide bonds. The number of hydrogen-bond donors (Lipinski definition) is 2. The van der Waals surface area contributed by atoms with Crippen LogP contribution < -0.4 is 5.73 Å². The Hall–Kier alpha value is -0.610. The molecule has 0 heterocycles. The molecule has 0 spiro atoms. The van der Waals surface area contributed by atoms with Crippen molar-refractivity contribution in [1.82, 2.24) is 4.90 Å². The first-order valence-corrected chi connectivity index (χ1v) is 8.41. The van der Waals surface area contributed by atoms with E-state index in [1.165, 1.54) is 0 Å². The summed E-state index contributed by atoms with van der Waals surface area (Å²) < 4.78 is 0. The fraction of sp³-hybridized carbons (Fsp3) is 0.941. The van der Waals surface area contributed by atoms with E-state index >= 15 is 0 Å². The van der Waals surface area contributed by atoms with Gasteiger partial charge in [0.25, 0.3) is 0 Å². The van der Waals surface area contributed by atoms with E-state index < -0.39 is 0 Å².